The van der Waals surface area contributed by atoms with Crippen molar-refractivity contribution in [1.82, 2.24) is 4.98 Å². The number of anilines is 2. The van der Waals surface area contributed by atoms with Crippen LogP contribution in [0.5, 0.6) is 11.5 Å². The summed E-state index contributed by atoms with van der Waals surface area (Å²) in [5, 5.41) is 0. The van der Waals surface area contributed by atoms with Crippen LogP contribution in [0.3, 0.4) is 0 Å². The zero-order chi connectivity index (χ0) is 20.3. The van der Waals surface area contributed by atoms with Gasteiger partial charge < -0.3 is 20.9 Å². The minimum absolute atomic E-state index is 0.0110. The van der Waals surface area contributed by atoms with Crippen LogP contribution in [-0.2, 0) is 0 Å². The topological polar surface area (TPSA) is 118 Å². The van der Waals surface area contributed by atoms with Crippen LogP contribution in [0.2, 0.25) is 0 Å². The molecule has 0 unspecified atom stereocenters. The maximum atomic E-state index is 13.1. The van der Waals surface area contributed by atoms with Crippen LogP contribution in [-0.4, -0.2) is 30.8 Å². The molecule has 1 aromatic heterocycles. The lowest BCUT2D eigenvalue weighted by Gasteiger charge is -2.13. The summed E-state index contributed by atoms with van der Waals surface area (Å²) in [5.41, 5.74) is 12.6. The zero-order valence-electron chi connectivity index (χ0n) is 15.4. The number of pyridine rings is 1. The molecule has 0 spiro atoms. The highest BCUT2D eigenvalue weighted by Crippen LogP contribution is 2.27. The third-order valence-corrected chi connectivity index (χ3v) is 4.32. The average molecular weight is 377 g/mol. The predicted molar refractivity (Wildman–Crippen MR) is 106 cm³/mol. The fourth-order valence-corrected chi connectivity index (χ4v) is 2.74. The van der Waals surface area contributed by atoms with Crippen molar-refractivity contribution in [2.24, 2.45) is 0 Å². The molecule has 2 aromatic carbocycles. The molecule has 3 rings (SSSR count). The number of rotatable bonds is 6. The SMILES string of the molecule is COc1ccc(C(=O)c2cnc(N)c(N)c2C(=O)c2ccc(OC)cc2)cc1. The van der Waals surface area contributed by atoms with Crippen LogP contribution < -0.4 is 20.9 Å². The van der Waals surface area contributed by atoms with E-state index in [1.54, 1.807) is 48.5 Å². The molecule has 0 saturated heterocycles. The Morgan fingerprint density at radius 3 is 1.71 bits per heavy atom. The number of nitrogens with zero attached hydrogens (tertiary/aromatic N) is 1. The Kier molecular flexibility index (Phi) is 5.26. The maximum Gasteiger partial charge on any atom is 0.196 e. The van der Waals surface area contributed by atoms with E-state index in [0.717, 1.165) is 0 Å². The highest BCUT2D eigenvalue weighted by Gasteiger charge is 2.24. The Bertz CT molecular complexity index is 1030. The molecular weight excluding hydrogens is 358 g/mol. The maximum absolute atomic E-state index is 13.1. The van der Waals surface area contributed by atoms with Crippen LogP contribution in [0, 0.1) is 0 Å². The summed E-state index contributed by atoms with van der Waals surface area (Å²) in [6.07, 6.45) is 1.27. The molecule has 0 aliphatic carbocycles. The molecule has 0 radical (unpaired) electrons. The van der Waals surface area contributed by atoms with E-state index in [1.165, 1.54) is 20.4 Å². The molecule has 0 amide bonds. The molecule has 4 N–H and O–H groups in total. The van der Waals surface area contributed by atoms with Gasteiger partial charge in [-0.1, -0.05) is 0 Å². The number of hydrogen-bond acceptors (Lipinski definition) is 7. The van der Waals surface area contributed by atoms with Gasteiger partial charge in [0.15, 0.2) is 11.6 Å². The number of ether oxygens (including phenoxy) is 2. The highest BCUT2D eigenvalue weighted by molar-refractivity contribution is 6.22. The van der Waals surface area contributed by atoms with Crippen molar-refractivity contribution in [3.05, 3.63) is 77.0 Å². The molecule has 0 aliphatic heterocycles. The highest BCUT2D eigenvalue weighted by atomic mass is 16.5. The normalized spacial score (nSPS) is 10.4. The van der Waals surface area contributed by atoms with Crippen LogP contribution in [0.1, 0.15) is 31.8 Å². The molecule has 0 saturated carbocycles. The summed E-state index contributed by atoms with van der Waals surface area (Å²) in [5.74, 6) is 0.391. The number of nitrogen functional groups attached to an aromatic ring is 2. The Morgan fingerprint density at radius 1 is 0.786 bits per heavy atom. The van der Waals surface area contributed by atoms with Crippen LogP contribution in [0.25, 0.3) is 0 Å². The summed E-state index contributed by atoms with van der Waals surface area (Å²) in [4.78, 5) is 30.1. The predicted octanol–water partition coefficient (Wildman–Crippen LogP) is 2.73. The van der Waals surface area contributed by atoms with E-state index in [1.807, 2.05) is 0 Å². The van der Waals surface area contributed by atoms with E-state index in [-0.39, 0.29) is 22.6 Å². The number of hydrogen-bond donors (Lipinski definition) is 2. The smallest absolute Gasteiger partial charge is 0.196 e. The van der Waals surface area contributed by atoms with E-state index in [0.29, 0.717) is 22.6 Å². The van der Waals surface area contributed by atoms with E-state index >= 15 is 0 Å². The monoisotopic (exact) mass is 377 g/mol. The first kappa shape index (κ1) is 18.9. The first-order valence-electron chi connectivity index (χ1n) is 8.37. The van der Waals surface area contributed by atoms with Gasteiger partial charge in [0.1, 0.15) is 17.3 Å². The van der Waals surface area contributed by atoms with Crippen LogP contribution >= 0.6 is 0 Å². The summed E-state index contributed by atoms with van der Waals surface area (Å²) in [6.45, 7) is 0. The second kappa shape index (κ2) is 7.79. The first-order valence-corrected chi connectivity index (χ1v) is 8.37. The number of methoxy groups -OCH3 is 2. The van der Waals surface area contributed by atoms with E-state index in [2.05, 4.69) is 4.98 Å². The van der Waals surface area contributed by atoms with Crippen LogP contribution in [0.15, 0.2) is 54.7 Å². The summed E-state index contributed by atoms with van der Waals surface area (Å²) in [6, 6.07) is 13.0. The molecule has 7 heteroatoms. The molecule has 7 nitrogen and oxygen atoms in total. The Hall–Kier alpha value is -3.87. The number of carbonyl (C=O) groups excluding carboxylic acids is 2. The Morgan fingerprint density at radius 2 is 1.25 bits per heavy atom. The van der Waals surface area contributed by atoms with Gasteiger partial charge in [-0.15, -0.1) is 0 Å². The van der Waals surface area contributed by atoms with Gasteiger partial charge in [0, 0.05) is 17.3 Å². The van der Waals surface area contributed by atoms with Gasteiger partial charge in [0.25, 0.3) is 0 Å². The van der Waals surface area contributed by atoms with E-state index in [9.17, 15) is 9.59 Å². The minimum Gasteiger partial charge on any atom is -0.497 e. The van der Waals surface area contributed by atoms with Crippen molar-refractivity contribution in [3.63, 3.8) is 0 Å². The molecule has 28 heavy (non-hydrogen) atoms. The Balaban J connectivity index is 2.08. The third-order valence-electron chi connectivity index (χ3n) is 4.32. The largest absolute Gasteiger partial charge is 0.497 e. The number of nitrogens with two attached hydrogens (primary N) is 2. The van der Waals surface area contributed by atoms with Gasteiger partial charge in [-0.2, -0.15) is 0 Å². The standard InChI is InChI=1S/C21H19N3O4/c1-27-14-7-3-12(4-8-14)19(25)16-11-24-21(23)18(22)17(16)20(26)13-5-9-15(28-2)10-6-13/h3-11H,22H2,1-2H3,(H2,23,24). The average Bonchev–Trinajstić information content (AvgIpc) is 2.74. The van der Waals surface area contributed by atoms with E-state index in [4.69, 9.17) is 20.9 Å². The van der Waals surface area contributed by atoms with Gasteiger partial charge >= 0.3 is 0 Å². The lowest BCUT2D eigenvalue weighted by atomic mass is 9.93. The molecular formula is C21H19N3O4. The van der Waals surface area contributed by atoms with Crippen molar-refractivity contribution in [2.75, 3.05) is 25.7 Å². The third kappa shape index (κ3) is 3.50. The second-order valence-corrected chi connectivity index (χ2v) is 5.96. The van der Waals surface area contributed by atoms with Crippen molar-refractivity contribution in [3.8, 4) is 11.5 Å². The van der Waals surface area contributed by atoms with Crippen LogP contribution in [0.4, 0.5) is 11.5 Å². The summed E-state index contributed by atoms with van der Waals surface area (Å²) in [7, 11) is 3.07. The number of ketones is 2. The quantitative estimate of drug-likeness (QED) is 0.634. The lowest BCUT2D eigenvalue weighted by molar-refractivity contribution is 0.100. The molecule has 3 aromatic rings. The fourth-order valence-electron chi connectivity index (χ4n) is 2.74. The van der Waals surface area contributed by atoms with Crippen molar-refractivity contribution >= 4 is 23.1 Å². The molecule has 0 atom stereocenters. The lowest BCUT2D eigenvalue weighted by Crippen LogP contribution is -2.16. The van der Waals surface area contributed by atoms with Gasteiger partial charge in [0.2, 0.25) is 0 Å². The Labute approximate surface area is 161 Å². The number of carbonyl (C=O) groups is 2. The molecule has 0 bridgehead atoms. The van der Waals surface area contributed by atoms with E-state index < -0.39 is 11.6 Å². The van der Waals surface area contributed by atoms with Crippen molar-refractivity contribution in [1.29, 1.82) is 0 Å². The minimum atomic E-state index is -0.425. The first-order chi connectivity index (χ1) is 13.5. The molecule has 0 fully saturated rings. The summed E-state index contributed by atoms with van der Waals surface area (Å²) >= 11 is 0. The second-order valence-electron chi connectivity index (χ2n) is 5.96. The molecule has 142 valence electrons. The van der Waals surface area contributed by atoms with Crippen molar-refractivity contribution in [2.45, 2.75) is 0 Å². The molecule has 0 aliphatic rings. The number of benzene rings is 2. The van der Waals surface area contributed by atoms with Gasteiger partial charge in [-0.3, -0.25) is 9.59 Å². The van der Waals surface area contributed by atoms with Gasteiger partial charge in [-0.05, 0) is 48.5 Å². The fraction of sp³-hybridized carbons (Fsp3) is 0.0952. The molecule has 1 heterocycles. The zero-order valence-corrected chi connectivity index (χ0v) is 15.4. The number of aromatic nitrogens is 1. The van der Waals surface area contributed by atoms with Gasteiger partial charge in [0.05, 0.1) is 31.0 Å². The summed E-state index contributed by atoms with van der Waals surface area (Å²) < 4.78 is 10.2. The van der Waals surface area contributed by atoms with Gasteiger partial charge in [-0.25, -0.2) is 4.98 Å². The van der Waals surface area contributed by atoms with Crippen molar-refractivity contribution < 1.29 is 19.1 Å².